The van der Waals surface area contributed by atoms with Crippen LogP contribution in [0.2, 0.25) is 0 Å². The number of nitrogens with one attached hydrogen (secondary N) is 1. The van der Waals surface area contributed by atoms with Crippen molar-refractivity contribution in [3.05, 3.63) is 68.7 Å². The Morgan fingerprint density at radius 3 is 2.56 bits per heavy atom. The molecule has 0 spiro atoms. The molecule has 0 saturated heterocycles. The predicted octanol–water partition coefficient (Wildman–Crippen LogP) is 5.27. The van der Waals surface area contributed by atoms with Gasteiger partial charge in [0.2, 0.25) is 0 Å². The second kappa shape index (κ2) is 7.78. The Kier molecular flexibility index (Phi) is 5.48. The van der Waals surface area contributed by atoms with Gasteiger partial charge < -0.3 is 5.32 Å². The van der Waals surface area contributed by atoms with Gasteiger partial charge in [0.1, 0.15) is 5.78 Å². The van der Waals surface area contributed by atoms with Crippen molar-refractivity contribution >= 4 is 33.1 Å². The largest absolute Gasteiger partial charge is 0.377 e. The quantitative estimate of drug-likeness (QED) is 0.545. The Morgan fingerprint density at radius 2 is 1.92 bits per heavy atom. The van der Waals surface area contributed by atoms with Crippen LogP contribution < -0.4 is 5.32 Å². The van der Waals surface area contributed by atoms with E-state index in [-0.39, 0.29) is 23.4 Å². The summed E-state index contributed by atoms with van der Waals surface area (Å²) in [6.45, 7) is 0. The molecule has 0 aromatic heterocycles. The number of carbonyl (C=O) groups excluding carboxylic acids is 1. The van der Waals surface area contributed by atoms with E-state index in [0.717, 1.165) is 35.0 Å². The molecule has 0 unspecified atom stereocenters. The summed E-state index contributed by atoms with van der Waals surface area (Å²) < 4.78 is 0.962. The number of carbonyl (C=O) groups is 1. The Morgan fingerprint density at radius 1 is 1.16 bits per heavy atom. The Balaban J connectivity index is 1.90. The molecule has 0 bridgehead atoms. The van der Waals surface area contributed by atoms with E-state index in [9.17, 15) is 14.9 Å². The zero-order valence-electron chi connectivity index (χ0n) is 13.7. The summed E-state index contributed by atoms with van der Waals surface area (Å²) in [4.78, 5) is 22.9. The van der Waals surface area contributed by atoms with Gasteiger partial charge in [-0.05, 0) is 42.7 Å². The zero-order chi connectivity index (χ0) is 17.8. The lowest BCUT2D eigenvalue weighted by molar-refractivity contribution is -0.384. The van der Waals surface area contributed by atoms with Gasteiger partial charge in [0.05, 0.1) is 11.0 Å². The Bertz CT molecular complexity index is 776. The van der Waals surface area contributed by atoms with Gasteiger partial charge in [-0.15, -0.1) is 0 Å². The summed E-state index contributed by atoms with van der Waals surface area (Å²) in [5.41, 5.74) is 1.86. The summed E-state index contributed by atoms with van der Waals surface area (Å²) >= 11 is 3.49. The van der Waals surface area contributed by atoms with Gasteiger partial charge in [0.25, 0.3) is 5.69 Å². The fourth-order valence-corrected chi connectivity index (χ4v) is 3.75. The first kappa shape index (κ1) is 17.6. The lowest BCUT2D eigenvalue weighted by Gasteiger charge is -2.31. The highest BCUT2D eigenvalue weighted by atomic mass is 79.9. The number of hydrogen-bond acceptors (Lipinski definition) is 4. The lowest BCUT2D eigenvalue weighted by Crippen LogP contribution is -2.30. The van der Waals surface area contributed by atoms with Crippen LogP contribution in [-0.4, -0.2) is 10.7 Å². The maximum absolute atomic E-state index is 12.5. The summed E-state index contributed by atoms with van der Waals surface area (Å²) in [5.74, 6) is 0.198. The van der Waals surface area contributed by atoms with Crippen molar-refractivity contribution in [2.45, 2.75) is 31.7 Å². The number of halogens is 1. The SMILES string of the molecule is O=C1CCCC[C@H]1[C@H](Nc1ccc([N+](=O)[O-])cc1)c1cccc(Br)c1. The molecule has 0 radical (unpaired) electrons. The van der Waals surface area contributed by atoms with Gasteiger partial charge in [-0.1, -0.05) is 34.5 Å². The first-order valence-electron chi connectivity index (χ1n) is 8.34. The number of non-ortho nitro benzene ring substituents is 1. The van der Waals surface area contributed by atoms with Gasteiger partial charge in [0, 0.05) is 34.6 Å². The van der Waals surface area contributed by atoms with E-state index < -0.39 is 4.92 Å². The molecule has 2 aromatic carbocycles. The number of anilines is 1. The third-order valence-electron chi connectivity index (χ3n) is 4.61. The number of nitro benzene ring substituents is 1. The number of rotatable bonds is 5. The average Bonchev–Trinajstić information content (AvgIpc) is 2.61. The number of nitrogens with zero attached hydrogens (tertiary/aromatic N) is 1. The van der Waals surface area contributed by atoms with Crippen molar-refractivity contribution in [1.29, 1.82) is 0 Å². The fourth-order valence-electron chi connectivity index (χ4n) is 3.34. The summed E-state index contributed by atoms with van der Waals surface area (Å²) in [6, 6.07) is 14.1. The molecule has 1 N–H and O–H groups in total. The number of hydrogen-bond donors (Lipinski definition) is 1. The highest BCUT2D eigenvalue weighted by molar-refractivity contribution is 9.10. The summed E-state index contributed by atoms with van der Waals surface area (Å²) in [5, 5.41) is 14.2. The minimum atomic E-state index is -0.416. The summed E-state index contributed by atoms with van der Waals surface area (Å²) in [6.07, 6.45) is 3.48. The number of Topliss-reactive ketones (excluding diaryl/α,β-unsaturated/α-hetero) is 1. The van der Waals surface area contributed by atoms with E-state index in [1.807, 2.05) is 24.3 Å². The predicted molar refractivity (Wildman–Crippen MR) is 101 cm³/mol. The average molecular weight is 403 g/mol. The molecule has 1 aliphatic rings. The van der Waals surface area contributed by atoms with Crippen LogP contribution in [-0.2, 0) is 4.79 Å². The van der Waals surface area contributed by atoms with E-state index >= 15 is 0 Å². The van der Waals surface area contributed by atoms with E-state index in [4.69, 9.17) is 0 Å². The van der Waals surface area contributed by atoms with Crippen LogP contribution in [0.4, 0.5) is 11.4 Å². The third-order valence-corrected chi connectivity index (χ3v) is 5.11. The maximum atomic E-state index is 12.5. The van der Waals surface area contributed by atoms with Gasteiger partial charge in [-0.25, -0.2) is 0 Å². The molecule has 2 atom stereocenters. The van der Waals surface area contributed by atoms with E-state index in [2.05, 4.69) is 21.2 Å². The van der Waals surface area contributed by atoms with Crippen molar-refractivity contribution in [3.8, 4) is 0 Å². The molecule has 25 heavy (non-hydrogen) atoms. The monoisotopic (exact) mass is 402 g/mol. The fraction of sp³-hybridized carbons (Fsp3) is 0.316. The highest BCUT2D eigenvalue weighted by Gasteiger charge is 2.31. The topological polar surface area (TPSA) is 72.2 Å². The van der Waals surface area contributed by atoms with Crippen LogP contribution in [0, 0.1) is 16.0 Å². The molecule has 0 amide bonds. The van der Waals surface area contributed by atoms with Crippen LogP contribution in [0.1, 0.15) is 37.3 Å². The second-order valence-electron chi connectivity index (χ2n) is 6.30. The number of ketones is 1. The van der Waals surface area contributed by atoms with Gasteiger partial charge in [-0.2, -0.15) is 0 Å². The van der Waals surface area contributed by atoms with Crippen molar-refractivity contribution in [2.75, 3.05) is 5.32 Å². The smallest absolute Gasteiger partial charge is 0.269 e. The first-order chi connectivity index (χ1) is 12.0. The normalized spacial score (nSPS) is 18.6. The minimum absolute atomic E-state index is 0.0540. The number of benzene rings is 2. The van der Waals surface area contributed by atoms with Crippen molar-refractivity contribution in [2.24, 2.45) is 5.92 Å². The van der Waals surface area contributed by atoms with E-state index in [1.54, 1.807) is 12.1 Å². The van der Waals surface area contributed by atoms with E-state index in [0.29, 0.717) is 6.42 Å². The minimum Gasteiger partial charge on any atom is -0.377 e. The molecule has 3 rings (SSSR count). The zero-order valence-corrected chi connectivity index (χ0v) is 15.2. The molecule has 5 nitrogen and oxygen atoms in total. The molecule has 0 heterocycles. The molecular weight excluding hydrogens is 384 g/mol. The number of nitro groups is 1. The second-order valence-corrected chi connectivity index (χ2v) is 7.22. The molecule has 1 aliphatic carbocycles. The van der Waals surface area contributed by atoms with Crippen molar-refractivity contribution in [1.82, 2.24) is 0 Å². The lowest BCUT2D eigenvalue weighted by atomic mass is 9.80. The molecule has 130 valence electrons. The Hall–Kier alpha value is -2.21. The standard InChI is InChI=1S/C19H19BrN2O3/c20-14-5-3-4-13(12-14)19(17-6-1-2-7-18(17)23)21-15-8-10-16(11-9-15)22(24)25/h3-5,8-12,17,19,21H,1-2,6-7H2/t17-,19-/m1/s1. The van der Waals surface area contributed by atoms with Crippen LogP contribution >= 0.6 is 15.9 Å². The van der Waals surface area contributed by atoms with Crippen LogP contribution in [0.25, 0.3) is 0 Å². The highest BCUT2D eigenvalue weighted by Crippen LogP contribution is 2.36. The van der Waals surface area contributed by atoms with Crippen molar-refractivity contribution < 1.29 is 9.72 Å². The molecule has 6 heteroatoms. The Labute approximate surface area is 154 Å². The van der Waals surface area contributed by atoms with Crippen LogP contribution in [0.5, 0.6) is 0 Å². The van der Waals surface area contributed by atoms with Crippen LogP contribution in [0.15, 0.2) is 53.0 Å². The molecule has 1 fully saturated rings. The van der Waals surface area contributed by atoms with Crippen molar-refractivity contribution in [3.63, 3.8) is 0 Å². The molecular formula is C19H19BrN2O3. The summed E-state index contributed by atoms with van der Waals surface area (Å²) in [7, 11) is 0. The van der Waals surface area contributed by atoms with Gasteiger partial charge in [0.15, 0.2) is 0 Å². The third kappa shape index (κ3) is 4.25. The van der Waals surface area contributed by atoms with Gasteiger partial charge >= 0.3 is 0 Å². The first-order valence-corrected chi connectivity index (χ1v) is 9.13. The van der Waals surface area contributed by atoms with Gasteiger partial charge in [-0.3, -0.25) is 14.9 Å². The molecule has 0 aliphatic heterocycles. The van der Waals surface area contributed by atoms with Crippen LogP contribution in [0.3, 0.4) is 0 Å². The van der Waals surface area contributed by atoms with E-state index in [1.165, 1.54) is 12.1 Å². The molecule has 1 saturated carbocycles. The molecule has 2 aromatic rings. The maximum Gasteiger partial charge on any atom is 0.269 e.